The number of nitrogens with two attached hydrogens (primary N) is 1. The summed E-state index contributed by atoms with van der Waals surface area (Å²) >= 11 is 0. The highest BCUT2D eigenvalue weighted by molar-refractivity contribution is 5.79. The summed E-state index contributed by atoms with van der Waals surface area (Å²) in [5.41, 5.74) is 6.45. The van der Waals surface area contributed by atoms with Gasteiger partial charge in [-0.25, -0.2) is 0 Å². The number of hydrogen-bond acceptors (Lipinski definition) is 4. The molecule has 6 nitrogen and oxygen atoms in total. The fourth-order valence-electron chi connectivity index (χ4n) is 3.01. The third-order valence-electron chi connectivity index (χ3n) is 4.06. The molecule has 0 spiro atoms. The zero-order valence-corrected chi connectivity index (χ0v) is 12.2. The number of carbonyl (C=O) groups is 1. The first kappa shape index (κ1) is 15.4. The maximum atomic E-state index is 12.5. The molecule has 6 heteroatoms. The van der Waals surface area contributed by atoms with Crippen molar-refractivity contribution in [3.63, 3.8) is 0 Å². The van der Waals surface area contributed by atoms with Crippen LogP contribution in [0, 0.1) is 10.1 Å². The van der Waals surface area contributed by atoms with E-state index < -0.39 is 4.92 Å². The highest BCUT2D eigenvalue weighted by atomic mass is 16.6. The Morgan fingerprint density at radius 3 is 2.90 bits per heavy atom. The van der Waals surface area contributed by atoms with Gasteiger partial charge < -0.3 is 10.6 Å². The minimum Gasteiger partial charge on any atom is -0.335 e. The van der Waals surface area contributed by atoms with Gasteiger partial charge in [0.25, 0.3) is 5.69 Å². The van der Waals surface area contributed by atoms with E-state index in [1.165, 1.54) is 12.1 Å². The summed E-state index contributed by atoms with van der Waals surface area (Å²) in [7, 11) is 0. The van der Waals surface area contributed by atoms with Crippen LogP contribution < -0.4 is 5.73 Å². The van der Waals surface area contributed by atoms with E-state index in [1.54, 1.807) is 12.1 Å². The molecule has 21 heavy (non-hydrogen) atoms. The van der Waals surface area contributed by atoms with Crippen molar-refractivity contribution in [1.82, 2.24) is 4.90 Å². The number of amides is 1. The second-order valence-corrected chi connectivity index (χ2v) is 5.57. The average Bonchev–Trinajstić information content (AvgIpc) is 2.46. The molecule has 0 aromatic heterocycles. The third-order valence-corrected chi connectivity index (χ3v) is 4.06. The molecule has 1 heterocycles. The van der Waals surface area contributed by atoms with Gasteiger partial charge in [-0.2, -0.15) is 0 Å². The van der Waals surface area contributed by atoms with E-state index in [1.807, 2.05) is 11.8 Å². The van der Waals surface area contributed by atoms with Crippen LogP contribution in [0.15, 0.2) is 24.3 Å². The van der Waals surface area contributed by atoms with E-state index >= 15 is 0 Å². The Labute approximate surface area is 124 Å². The topological polar surface area (TPSA) is 89.5 Å². The summed E-state index contributed by atoms with van der Waals surface area (Å²) in [6.45, 7) is 2.50. The van der Waals surface area contributed by atoms with E-state index in [9.17, 15) is 14.9 Å². The van der Waals surface area contributed by atoms with Crippen LogP contribution in [0.25, 0.3) is 0 Å². The van der Waals surface area contributed by atoms with Crippen molar-refractivity contribution in [2.75, 3.05) is 6.54 Å². The Morgan fingerprint density at radius 1 is 1.48 bits per heavy atom. The number of non-ortho nitro benzene ring substituents is 1. The van der Waals surface area contributed by atoms with Gasteiger partial charge in [-0.15, -0.1) is 0 Å². The van der Waals surface area contributed by atoms with Crippen LogP contribution >= 0.6 is 0 Å². The largest absolute Gasteiger partial charge is 0.335 e. The normalized spacial score (nSPS) is 22.1. The Balaban J connectivity index is 2.12. The summed E-state index contributed by atoms with van der Waals surface area (Å²) in [4.78, 5) is 24.7. The Hall–Kier alpha value is -1.95. The molecule has 1 aromatic carbocycles. The van der Waals surface area contributed by atoms with E-state index in [0.717, 1.165) is 19.3 Å². The molecule has 2 rings (SSSR count). The quantitative estimate of drug-likeness (QED) is 0.677. The molecular formula is C15H21N3O3. The fourth-order valence-corrected chi connectivity index (χ4v) is 3.01. The molecule has 1 aliphatic rings. The smallest absolute Gasteiger partial charge is 0.269 e. The van der Waals surface area contributed by atoms with Crippen LogP contribution in [0.4, 0.5) is 5.69 Å². The lowest BCUT2D eigenvalue weighted by molar-refractivity contribution is -0.384. The molecule has 1 fully saturated rings. The minimum atomic E-state index is -0.444. The number of carbonyl (C=O) groups excluding carboxylic acids is 1. The Bertz CT molecular complexity index is 533. The molecule has 2 unspecified atom stereocenters. The van der Waals surface area contributed by atoms with Gasteiger partial charge >= 0.3 is 0 Å². The predicted molar refractivity (Wildman–Crippen MR) is 79.8 cm³/mol. The molecule has 1 aliphatic heterocycles. The van der Waals surface area contributed by atoms with Gasteiger partial charge in [0, 0.05) is 30.8 Å². The van der Waals surface area contributed by atoms with Gasteiger partial charge in [0.05, 0.1) is 11.3 Å². The number of hydrogen-bond donors (Lipinski definition) is 1. The molecule has 0 radical (unpaired) electrons. The van der Waals surface area contributed by atoms with Gasteiger partial charge in [0.1, 0.15) is 0 Å². The number of nitrogens with zero attached hydrogens (tertiary/aromatic N) is 2. The zero-order chi connectivity index (χ0) is 15.4. The van der Waals surface area contributed by atoms with E-state index in [4.69, 9.17) is 5.73 Å². The number of likely N-dealkylation sites (tertiary alicyclic amines) is 1. The van der Waals surface area contributed by atoms with Gasteiger partial charge in [-0.05, 0) is 31.7 Å². The van der Waals surface area contributed by atoms with Crippen molar-refractivity contribution >= 4 is 11.6 Å². The average molecular weight is 291 g/mol. The standard InChI is InChI=1S/C15H21N3O3/c1-11-4-2-7-14(10-16)17(11)15(19)9-12-5-3-6-13(8-12)18(20)21/h3,5-6,8,11,14H,2,4,7,9-10,16H2,1H3. The van der Waals surface area contributed by atoms with Gasteiger partial charge in [0.15, 0.2) is 0 Å². The molecule has 0 saturated carbocycles. The first-order chi connectivity index (χ1) is 10.0. The Morgan fingerprint density at radius 2 is 2.24 bits per heavy atom. The third kappa shape index (κ3) is 3.58. The van der Waals surface area contributed by atoms with Crippen molar-refractivity contribution in [3.05, 3.63) is 39.9 Å². The lowest BCUT2D eigenvalue weighted by atomic mass is 9.95. The zero-order valence-electron chi connectivity index (χ0n) is 12.2. The molecule has 1 aromatic rings. The fraction of sp³-hybridized carbons (Fsp3) is 0.533. The Kier molecular flexibility index (Phi) is 4.90. The first-order valence-corrected chi connectivity index (χ1v) is 7.27. The summed E-state index contributed by atoms with van der Waals surface area (Å²) in [5, 5.41) is 10.8. The molecule has 114 valence electrons. The van der Waals surface area contributed by atoms with Crippen LogP contribution in [0.2, 0.25) is 0 Å². The lowest BCUT2D eigenvalue weighted by Crippen LogP contribution is -2.52. The number of benzene rings is 1. The van der Waals surface area contributed by atoms with Crippen molar-refractivity contribution in [1.29, 1.82) is 0 Å². The number of nitro benzene ring substituents is 1. The second-order valence-electron chi connectivity index (χ2n) is 5.57. The molecule has 0 aliphatic carbocycles. The molecule has 1 saturated heterocycles. The summed E-state index contributed by atoms with van der Waals surface area (Å²) in [6.07, 6.45) is 3.19. The molecule has 1 amide bonds. The van der Waals surface area contributed by atoms with Crippen LogP contribution in [0.3, 0.4) is 0 Å². The van der Waals surface area contributed by atoms with E-state index in [2.05, 4.69) is 0 Å². The van der Waals surface area contributed by atoms with Crippen LogP contribution in [0.1, 0.15) is 31.7 Å². The maximum absolute atomic E-state index is 12.5. The van der Waals surface area contributed by atoms with Crippen molar-refractivity contribution in [2.24, 2.45) is 5.73 Å². The summed E-state index contributed by atoms with van der Waals surface area (Å²) < 4.78 is 0. The highest BCUT2D eigenvalue weighted by Crippen LogP contribution is 2.24. The molecule has 2 N–H and O–H groups in total. The van der Waals surface area contributed by atoms with Gasteiger partial charge in [-0.1, -0.05) is 12.1 Å². The second kappa shape index (κ2) is 6.67. The van der Waals surface area contributed by atoms with Crippen molar-refractivity contribution in [3.8, 4) is 0 Å². The van der Waals surface area contributed by atoms with Gasteiger partial charge in [0.2, 0.25) is 5.91 Å². The lowest BCUT2D eigenvalue weighted by Gasteiger charge is -2.40. The maximum Gasteiger partial charge on any atom is 0.269 e. The van der Waals surface area contributed by atoms with Crippen molar-refractivity contribution < 1.29 is 9.72 Å². The molecule has 2 atom stereocenters. The van der Waals surface area contributed by atoms with Crippen LogP contribution in [-0.2, 0) is 11.2 Å². The predicted octanol–water partition coefficient (Wildman–Crippen LogP) is 1.87. The van der Waals surface area contributed by atoms with Gasteiger partial charge in [-0.3, -0.25) is 14.9 Å². The summed E-state index contributed by atoms with van der Waals surface area (Å²) in [6, 6.07) is 6.51. The van der Waals surface area contributed by atoms with E-state index in [-0.39, 0.29) is 30.1 Å². The number of nitro groups is 1. The summed E-state index contributed by atoms with van der Waals surface area (Å²) in [5.74, 6) is -0.00171. The van der Waals surface area contributed by atoms with E-state index in [0.29, 0.717) is 12.1 Å². The first-order valence-electron chi connectivity index (χ1n) is 7.27. The number of piperidine rings is 1. The highest BCUT2D eigenvalue weighted by Gasteiger charge is 2.30. The van der Waals surface area contributed by atoms with Crippen LogP contribution in [0.5, 0.6) is 0 Å². The minimum absolute atomic E-state index is 0.00171. The molecular weight excluding hydrogens is 270 g/mol. The van der Waals surface area contributed by atoms with Crippen LogP contribution in [-0.4, -0.2) is 34.4 Å². The van der Waals surface area contributed by atoms with Crippen molar-refractivity contribution in [2.45, 2.75) is 44.7 Å². The number of rotatable bonds is 4. The SMILES string of the molecule is CC1CCCC(CN)N1C(=O)Cc1cccc([N+](=O)[O-])c1. The monoisotopic (exact) mass is 291 g/mol. The molecule has 0 bridgehead atoms.